The molecule has 0 N–H and O–H groups in total. The van der Waals surface area contributed by atoms with Gasteiger partial charge in [0.2, 0.25) is 0 Å². The first-order valence-electron chi connectivity index (χ1n) is 21.9. The maximum atomic E-state index is 11.1. The normalized spacial score (nSPS) is 12.6. The highest BCUT2D eigenvalue weighted by molar-refractivity contribution is 5.98. The van der Waals surface area contributed by atoms with E-state index < -0.39 is 5.41 Å². The first kappa shape index (κ1) is 38.4. The molecule has 0 saturated carbocycles. The minimum atomic E-state index is -0.712. The fraction of sp³-hybridized carbons (Fsp3) is 0.0167. The van der Waals surface area contributed by atoms with Gasteiger partial charge in [-0.15, -0.1) is 0 Å². The summed E-state index contributed by atoms with van der Waals surface area (Å²) in [7, 11) is 0. The molecule has 2 heterocycles. The van der Waals surface area contributed by atoms with Crippen LogP contribution in [0.3, 0.4) is 0 Å². The molecule has 1 aliphatic carbocycles. The lowest BCUT2D eigenvalue weighted by Gasteiger charge is -2.45. The number of fused-ring (bicyclic) bond motifs is 9. The van der Waals surface area contributed by atoms with E-state index in [1.54, 1.807) is 6.07 Å². The number of nitrogens with zero attached hydrogens (tertiary/aromatic N) is 6. The Labute approximate surface area is 382 Å². The molecular formula is C60H36N6. The predicted octanol–water partition coefficient (Wildman–Crippen LogP) is 14.1. The van der Waals surface area contributed by atoms with E-state index in [4.69, 9.17) is 15.0 Å². The van der Waals surface area contributed by atoms with Crippen LogP contribution in [0.15, 0.2) is 218 Å². The fourth-order valence-electron chi connectivity index (χ4n) is 10.1. The quantitative estimate of drug-likeness (QED) is 0.166. The Morgan fingerprint density at radius 3 is 1.18 bits per heavy atom. The average molecular weight is 841 g/mol. The molecule has 1 aliphatic heterocycles. The summed E-state index contributed by atoms with van der Waals surface area (Å²) in [6, 6.07) is 80.0. The number of hydrogen-bond acceptors (Lipinski definition) is 6. The van der Waals surface area contributed by atoms with Crippen molar-refractivity contribution in [3.63, 3.8) is 0 Å². The Morgan fingerprint density at radius 2 is 0.727 bits per heavy atom. The SMILES string of the molecule is N#Cc1cc(N2c3ccccc3C3(c4ccc(-c5ccccc5)cc4-c4cc(-c5ccccc5)ccc43)c3ccccc32)c(C#N)cc1-c1nc(-c2ccccc2)nc(-c2ccccc2)n1. The van der Waals surface area contributed by atoms with Crippen LogP contribution in [-0.4, -0.2) is 15.0 Å². The summed E-state index contributed by atoms with van der Waals surface area (Å²) < 4.78 is 0. The van der Waals surface area contributed by atoms with Gasteiger partial charge in [-0.05, 0) is 92.0 Å². The molecule has 306 valence electrons. The van der Waals surface area contributed by atoms with Crippen LogP contribution in [0.1, 0.15) is 33.4 Å². The molecule has 9 aromatic carbocycles. The molecule has 1 spiro atoms. The second-order valence-electron chi connectivity index (χ2n) is 16.5. The van der Waals surface area contributed by atoms with Gasteiger partial charge in [-0.2, -0.15) is 10.5 Å². The van der Waals surface area contributed by atoms with Gasteiger partial charge in [-0.3, -0.25) is 0 Å². The molecule has 0 unspecified atom stereocenters. The molecule has 0 saturated heterocycles. The van der Waals surface area contributed by atoms with Crippen molar-refractivity contribution in [2.75, 3.05) is 4.90 Å². The maximum Gasteiger partial charge on any atom is 0.165 e. The topological polar surface area (TPSA) is 89.5 Å². The maximum absolute atomic E-state index is 11.1. The lowest BCUT2D eigenvalue weighted by atomic mass is 9.64. The molecule has 0 amide bonds. The summed E-state index contributed by atoms with van der Waals surface area (Å²) in [5.74, 6) is 1.25. The third kappa shape index (κ3) is 5.98. The van der Waals surface area contributed by atoms with Crippen LogP contribution >= 0.6 is 0 Å². The summed E-state index contributed by atoms with van der Waals surface area (Å²) in [4.78, 5) is 16.9. The standard InChI is InChI=1S/C60H36N6/c61-37-45-36-56(46(38-62)35-47(45)59-64-57(41-21-9-3-10-22-41)63-58(65-59)42-23-11-4-12-24-42)66-54-27-15-13-25-52(54)60(53-26-14-16-28-55(53)66)50-31-29-43(39-17-5-1-6-18-39)33-48(50)49-34-44(30-32-51(49)60)40-19-7-2-8-20-40/h1-36H. The van der Waals surface area contributed by atoms with Crippen molar-refractivity contribution in [1.29, 1.82) is 10.5 Å². The van der Waals surface area contributed by atoms with E-state index >= 15 is 0 Å². The van der Waals surface area contributed by atoms with Crippen LogP contribution in [0.2, 0.25) is 0 Å². The zero-order valence-electron chi connectivity index (χ0n) is 35.5. The molecule has 2 aliphatic rings. The van der Waals surface area contributed by atoms with Crippen molar-refractivity contribution in [2.45, 2.75) is 5.41 Å². The van der Waals surface area contributed by atoms with Gasteiger partial charge in [0.05, 0.1) is 39.7 Å². The zero-order chi connectivity index (χ0) is 44.2. The van der Waals surface area contributed by atoms with Crippen molar-refractivity contribution in [3.05, 3.63) is 252 Å². The van der Waals surface area contributed by atoms with Crippen molar-refractivity contribution < 1.29 is 0 Å². The van der Waals surface area contributed by atoms with Crippen molar-refractivity contribution >= 4 is 17.1 Å². The molecule has 0 bridgehead atoms. The zero-order valence-corrected chi connectivity index (χ0v) is 35.5. The molecule has 12 rings (SSSR count). The summed E-state index contributed by atoms with van der Waals surface area (Å²) in [5, 5.41) is 22.1. The molecule has 1 aromatic heterocycles. The van der Waals surface area contributed by atoms with E-state index in [-0.39, 0.29) is 0 Å². The largest absolute Gasteiger partial charge is 0.308 e. The van der Waals surface area contributed by atoms with Crippen LogP contribution in [0, 0.1) is 22.7 Å². The van der Waals surface area contributed by atoms with Crippen LogP contribution in [0.4, 0.5) is 17.1 Å². The van der Waals surface area contributed by atoms with Gasteiger partial charge in [-0.25, -0.2) is 15.0 Å². The number of rotatable bonds is 6. The van der Waals surface area contributed by atoms with Gasteiger partial charge in [0, 0.05) is 16.7 Å². The molecule has 66 heavy (non-hydrogen) atoms. The van der Waals surface area contributed by atoms with E-state index in [2.05, 4.69) is 150 Å². The monoisotopic (exact) mass is 840 g/mol. The minimum Gasteiger partial charge on any atom is -0.308 e. The second-order valence-corrected chi connectivity index (χ2v) is 16.5. The first-order valence-corrected chi connectivity index (χ1v) is 21.9. The Morgan fingerprint density at radius 1 is 0.318 bits per heavy atom. The minimum absolute atomic E-state index is 0.310. The molecule has 6 nitrogen and oxygen atoms in total. The van der Waals surface area contributed by atoms with Crippen LogP contribution in [0.25, 0.3) is 67.5 Å². The molecule has 6 heteroatoms. The number of para-hydroxylation sites is 2. The fourth-order valence-corrected chi connectivity index (χ4v) is 10.1. The smallest absolute Gasteiger partial charge is 0.165 e. The number of hydrogen-bond donors (Lipinski definition) is 0. The van der Waals surface area contributed by atoms with E-state index in [0.717, 1.165) is 55.9 Å². The van der Waals surface area contributed by atoms with Crippen LogP contribution in [0.5, 0.6) is 0 Å². The molecule has 10 aromatic rings. The summed E-state index contributed by atoms with van der Waals surface area (Å²) >= 11 is 0. The van der Waals surface area contributed by atoms with E-state index in [1.807, 2.05) is 78.9 Å². The highest BCUT2D eigenvalue weighted by Gasteiger charge is 2.52. The van der Waals surface area contributed by atoms with Crippen LogP contribution in [-0.2, 0) is 5.41 Å². The Kier molecular flexibility index (Phi) is 9.05. The Bertz CT molecular complexity index is 3420. The van der Waals surface area contributed by atoms with Gasteiger partial charge in [0.1, 0.15) is 6.07 Å². The molecular weight excluding hydrogens is 805 g/mol. The average Bonchev–Trinajstić information content (AvgIpc) is 3.68. The second kappa shape index (κ2) is 15.5. The van der Waals surface area contributed by atoms with Gasteiger partial charge in [0.25, 0.3) is 0 Å². The van der Waals surface area contributed by atoms with E-state index in [0.29, 0.717) is 39.9 Å². The molecule has 0 fully saturated rings. The number of nitriles is 2. The van der Waals surface area contributed by atoms with Gasteiger partial charge < -0.3 is 4.90 Å². The summed E-state index contributed by atoms with van der Waals surface area (Å²) in [6.07, 6.45) is 0. The number of aromatic nitrogens is 3. The first-order chi connectivity index (χ1) is 32.6. The van der Waals surface area contributed by atoms with Crippen molar-refractivity contribution in [1.82, 2.24) is 15.0 Å². The van der Waals surface area contributed by atoms with Crippen LogP contribution < -0.4 is 4.90 Å². The number of anilines is 3. The summed E-state index contributed by atoms with van der Waals surface area (Å²) in [5.41, 5.74) is 16.0. The van der Waals surface area contributed by atoms with E-state index in [1.165, 1.54) is 22.3 Å². The Balaban J connectivity index is 1.08. The van der Waals surface area contributed by atoms with Crippen molar-refractivity contribution in [3.8, 4) is 79.7 Å². The van der Waals surface area contributed by atoms with Gasteiger partial charge >= 0.3 is 0 Å². The number of benzene rings is 9. The predicted molar refractivity (Wildman–Crippen MR) is 262 cm³/mol. The van der Waals surface area contributed by atoms with Gasteiger partial charge in [-0.1, -0.05) is 182 Å². The lowest BCUT2D eigenvalue weighted by Crippen LogP contribution is -2.36. The molecule has 0 radical (unpaired) electrons. The molecule has 0 atom stereocenters. The van der Waals surface area contributed by atoms with Gasteiger partial charge in [0.15, 0.2) is 17.5 Å². The van der Waals surface area contributed by atoms with Crippen molar-refractivity contribution in [2.24, 2.45) is 0 Å². The third-order valence-corrected chi connectivity index (χ3v) is 13.0. The third-order valence-electron chi connectivity index (χ3n) is 13.0. The summed E-state index contributed by atoms with van der Waals surface area (Å²) in [6.45, 7) is 0. The van der Waals surface area contributed by atoms with E-state index in [9.17, 15) is 10.5 Å². The highest BCUT2D eigenvalue weighted by Crippen LogP contribution is 2.64. The lowest BCUT2D eigenvalue weighted by molar-refractivity contribution is 0.752. The Hall–Kier alpha value is -9.23. The highest BCUT2D eigenvalue weighted by atomic mass is 15.2.